The minimum atomic E-state index is -0.917. The first kappa shape index (κ1) is 12.4. The summed E-state index contributed by atoms with van der Waals surface area (Å²) < 4.78 is 5.49. The summed E-state index contributed by atoms with van der Waals surface area (Å²) in [4.78, 5) is 24.9. The molecule has 0 saturated carbocycles. The molecule has 5 heteroatoms. The van der Waals surface area contributed by atoms with Crippen LogP contribution in [0.3, 0.4) is 0 Å². The van der Waals surface area contributed by atoms with E-state index in [2.05, 4.69) is 0 Å². The lowest BCUT2D eigenvalue weighted by atomic mass is 10.1. The fourth-order valence-electron chi connectivity index (χ4n) is 2.78. The zero-order chi connectivity index (χ0) is 12.6. The van der Waals surface area contributed by atoms with Gasteiger partial charge in [-0.1, -0.05) is 13.8 Å². The molecule has 2 aliphatic heterocycles. The van der Waals surface area contributed by atoms with Gasteiger partial charge in [-0.15, -0.1) is 0 Å². The van der Waals surface area contributed by atoms with E-state index in [1.807, 2.05) is 13.8 Å². The molecule has 0 aliphatic carbocycles. The number of nitrogens with zero attached hydrogens (tertiary/aromatic N) is 1. The van der Waals surface area contributed by atoms with Gasteiger partial charge in [-0.05, 0) is 12.3 Å². The van der Waals surface area contributed by atoms with Crippen LogP contribution in [0.5, 0.6) is 0 Å². The van der Waals surface area contributed by atoms with Crippen molar-refractivity contribution in [2.24, 2.45) is 5.92 Å². The first-order valence-corrected chi connectivity index (χ1v) is 6.16. The van der Waals surface area contributed by atoms with Crippen molar-refractivity contribution < 1.29 is 19.4 Å². The number of rotatable bonds is 3. The largest absolute Gasteiger partial charge is 0.480 e. The quantitative estimate of drug-likeness (QED) is 0.796. The van der Waals surface area contributed by atoms with Crippen LogP contribution in [0.25, 0.3) is 0 Å². The van der Waals surface area contributed by atoms with Crippen molar-refractivity contribution in [2.75, 3.05) is 6.61 Å². The third-order valence-corrected chi connectivity index (χ3v) is 3.48. The summed E-state index contributed by atoms with van der Waals surface area (Å²) in [5, 5.41) is 9.17. The Morgan fingerprint density at radius 2 is 2.18 bits per heavy atom. The van der Waals surface area contributed by atoms with Crippen LogP contribution in [0.1, 0.15) is 33.1 Å². The molecule has 2 rings (SSSR count). The topological polar surface area (TPSA) is 66.8 Å². The highest BCUT2D eigenvalue weighted by molar-refractivity contribution is 5.85. The van der Waals surface area contributed by atoms with E-state index in [-0.39, 0.29) is 24.0 Å². The third-order valence-electron chi connectivity index (χ3n) is 3.48. The number of hydrogen-bond donors (Lipinski definition) is 1. The van der Waals surface area contributed by atoms with Gasteiger partial charge in [-0.25, -0.2) is 4.79 Å². The molecule has 0 aromatic carbocycles. The van der Waals surface area contributed by atoms with Crippen LogP contribution in [0.4, 0.5) is 0 Å². The van der Waals surface area contributed by atoms with Gasteiger partial charge in [0, 0.05) is 19.4 Å². The van der Waals surface area contributed by atoms with Gasteiger partial charge in [0.25, 0.3) is 0 Å². The summed E-state index contributed by atoms with van der Waals surface area (Å²) in [7, 11) is 0. The van der Waals surface area contributed by atoms with Gasteiger partial charge in [-0.2, -0.15) is 0 Å². The van der Waals surface area contributed by atoms with Crippen molar-refractivity contribution in [1.82, 2.24) is 4.90 Å². The predicted molar refractivity (Wildman–Crippen MR) is 60.5 cm³/mol. The number of carboxylic acid groups (broad SMARTS) is 1. The average molecular weight is 241 g/mol. The lowest BCUT2D eigenvalue weighted by Crippen LogP contribution is -2.45. The van der Waals surface area contributed by atoms with Gasteiger partial charge in [0.15, 0.2) is 0 Å². The second kappa shape index (κ2) is 4.64. The van der Waals surface area contributed by atoms with Crippen molar-refractivity contribution in [3.63, 3.8) is 0 Å². The summed E-state index contributed by atoms with van der Waals surface area (Å²) in [5.41, 5.74) is 0. The fraction of sp³-hybridized carbons (Fsp3) is 0.833. The third kappa shape index (κ3) is 2.29. The summed E-state index contributed by atoms with van der Waals surface area (Å²) >= 11 is 0. The highest BCUT2D eigenvalue weighted by Gasteiger charge is 2.49. The van der Waals surface area contributed by atoms with E-state index in [0.717, 1.165) is 6.42 Å². The van der Waals surface area contributed by atoms with Crippen molar-refractivity contribution in [1.29, 1.82) is 0 Å². The van der Waals surface area contributed by atoms with Crippen molar-refractivity contribution in [3.05, 3.63) is 0 Å². The van der Waals surface area contributed by atoms with Gasteiger partial charge in [-0.3, -0.25) is 4.79 Å². The SMILES string of the molecule is CC(C)CC(=O)N1C(C(=O)O)CC2OCCC21. The minimum Gasteiger partial charge on any atom is -0.480 e. The van der Waals surface area contributed by atoms with E-state index >= 15 is 0 Å². The second-order valence-corrected chi connectivity index (χ2v) is 5.25. The normalized spacial score (nSPS) is 31.9. The molecule has 2 heterocycles. The number of aliphatic carboxylic acids is 1. The Kier molecular flexibility index (Phi) is 3.38. The maximum absolute atomic E-state index is 12.1. The first-order valence-electron chi connectivity index (χ1n) is 6.16. The van der Waals surface area contributed by atoms with Gasteiger partial charge in [0.1, 0.15) is 6.04 Å². The molecule has 0 radical (unpaired) electrons. The van der Waals surface area contributed by atoms with Gasteiger partial charge in [0.05, 0.1) is 12.1 Å². The molecule has 2 saturated heterocycles. The Hall–Kier alpha value is -1.10. The van der Waals surface area contributed by atoms with Crippen LogP contribution in [-0.4, -0.2) is 46.7 Å². The summed E-state index contributed by atoms with van der Waals surface area (Å²) in [5.74, 6) is -0.719. The van der Waals surface area contributed by atoms with E-state index in [1.54, 1.807) is 4.90 Å². The molecule has 2 aliphatic rings. The Balaban J connectivity index is 2.14. The monoisotopic (exact) mass is 241 g/mol. The van der Waals surface area contributed by atoms with Crippen LogP contribution >= 0.6 is 0 Å². The molecule has 17 heavy (non-hydrogen) atoms. The number of hydrogen-bond acceptors (Lipinski definition) is 3. The smallest absolute Gasteiger partial charge is 0.326 e. The molecule has 1 N–H and O–H groups in total. The highest BCUT2D eigenvalue weighted by atomic mass is 16.5. The molecule has 3 unspecified atom stereocenters. The van der Waals surface area contributed by atoms with Gasteiger partial charge in [0.2, 0.25) is 5.91 Å². The minimum absolute atomic E-state index is 0.0256. The van der Waals surface area contributed by atoms with E-state index in [9.17, 15) is 14.7 Å². The Labute approximate surface area is 101 Å². The van der Waals surface area contributed by atoms with E-state index in [4.69, 9.17) is 4.74 Å². The molecular weight excluding hydrogens is 222 g/mol. The summed E-state index contributed by atoms with van der Waals surface area (Å²) in [6.45, 7) is 4.56. The zero-order valence-electron chi connectivity index (χ0n) is 10.3. The van der Waals surface area contributed by atoms with Crippen LogP contribution in [0.15, 0.2) is 0 Å². The van der Waals surface area contributed by atoms with Crippen molar-refractivity contribution >= 4 is 11.9 Å². The van der Waals surface area contributed by atoms with E-state index < -0.39 is 12.0 Å². The molecule has 0 aromatic heterocycles. The Bertz CT molecular complexity index is 328. The number of carbonyl (C=O) groups is 2. The van der Waals surface area contributed by atoms with Crippen LogP contribution < -0.4 is 0 Å². The highest BCUT2D eigenvalue weighted by Crippen LogP contribution is 2.34. The fourth-order valence-corrected chi connectivity index (χ4v) is 2.78. The number of ether oxygens (including phenoxy) is 1. The number of amides is 1. The molecule has 0 spiro atoms. The van der Waals surface area contributed by atoms with Crippen LogP contribution in [0, 0.1) is 5.92 Å². The van der Waals surface area contributed by atoms with Crippen molar-refractivity contribution in [2.45, 2.75) is 51.3 Å². The van der Waals surface area contributed by atoms with E-state index in [0.29, 0.717) is 19.4 Å². The lowest BCUT2D eigenvalue weighted by molar-refractivity contribution is -0.150. The molecule has 3 atom stereocenters. The summed E-state index contributed by atoms with van der Waals surface area (Å²) in [6.07, 6.45) is 1.53. The number of carbonyl (C=O) groups excluding carboxylic acids is 1. The second-order valence-electron chi connectivity index (χ2n) is 5.25. The molecule has 5 nitrogen and oxygen atoms in total. The van der Waals surface area contributed by atoms with Crippen LogP contribution in [-0.2, 0) is 14.3 Å². The van der Waals surface area contributed by atoms with Gasteiger partial charge < -0.3 is 14.7 Å². The molecule has 0 aromatic rings. The summed E-state index contributed by atoms with van der Waals surface area (Å²) in [6, 6.07) is -0.723. The maximum Gasteiger partial charge on any atom is 0.326 e. The first-order chi connectivity index (χ1) is 8.00. The number of fused-ring (bicyclic) bond motifs is 1. The van der Waals surface area contributed by atoms with E-state index in [1.165, 1.54) is 0 Å². The molecule has 0 bridgehead atoms. The molecular formula is C12H19NO4. The van der Waals surface area contributed by atoms with Gasteiger partial charge >= 0.3 is 5.97 Å². The van der Waals surface area contributed by atoms with Crippen LogP contribution in [0.2, 0.25) is 0 Å². The number of likely N-dealkylation sites (tertiary alicyclic amines) is 1. The maximum atomic E-state index is 12.1. The Morgan fingerprint density at radius 1 is 1.47 bits per heavy atom. The predicted octanol–water partition coefficient (Wildman–Crippen LogP) is 0.875. The molecule has 96 valence electrons. The zero-order valence-corrected chi connectivity index (χ0v) is 10.3. The average Bonchev–Trinajstić information content (AvgIpc) is 2.72. The molecule has 2 fully saturated rings. The number of carboxylic acids is 1. The standard InChI is InChI=1S/C12H19NO4/c1-7(2)5-11(14)13-8-3-4-17-10(8)6-9(13)12(15)16/h7-10H,3-6H2,1-2H3,(H,15,16). The van der Waals surface area contributed by atoms with Crippen molar-refractivity contribution in [3.8, 4) is 0 Å². The Morgan fingerprint density at radius 3 is 2.76 bits per heavy atom. The lowest BCUT2D eigenvalue weighted by Gasteiger charge is -2.27. The molecule has 1 amide bonds.